The Kier molecular flexibility index (Phi) is 7.27. The standard InChI is InChI=1S/C16H22N2O2S/c1-16(2,12-19)7-4-9-18-15(20)13-5-3-6-14(11-13)21-10-8-17/h3,5-6,11,19H,4,7,9-10,12H2,1-2H3,(H,18,20). The van der Waals surface area contributed by atoms with Crippen molar-refractivity contribution in [2.75, 3.05) is 18.9 Å². The molecule has 1 aromatic rings. The van der Waals surface area contributed by atoms with Gasteiger partial charge in [-0.05, 0) is 36.5 Å². The van der Waals surface area contributed by atoms with E-state index in [2.05, 4.69) is 11.4 Å². The quantitative estimate of drug-likeness (QED) is 0.572. The number of hydrogen-bond acceptors (Lipinski definition) is 4. The van der Waals surface area contributed by atoms with Gasteiger partial charge in [-0.15, -0.1) is 11.8 Å². The van der Waals surface area contributed by atoms with Crippen LogP contribution in [0.2, 0.25) is 0 Å². The van der Waals surface area contributed by atoms with Gasteiger partial charge in [-0.3, -0.25) is 4.79 Å². The van der Waals surface area contributed by atoms with Crippen molar-refractivity contribution in [2.45, 2.75) is 31.6 Å². The van der Waals surface area contributed by atoms with Crippen LogP contribution in [0.15, 0.2) is 29.2 Å². The summed E-state index contributed by atoms with van der Waals surface area (Å²) in [6.45, 7) is 4.76. The largest absolute Gasteiger partial charge is 0.396 e. The molecule has 0 aliphatic heterocycles. The van der Waals surface area contributed by atoms with E-state index in [1.54, 1.807) is 12.1 Å². The third-order valence-electron chi connectivity index (χ3n) is 3.14. The number of nitriles is 1. The van der Waals surface area contributed by atoms with Gasteiger partial charge < -0.3 is 10.4 Å². The predicted octanol–water partition coefficient (Wildman–Crippen LogP) is 2.83. The lowest BCUT2D eigenvalue weighted by Crippen LogP contribution is -2.26. The molecule has 0 bridgehead atoms. The first-order valence-corrected chi connectivity index (χ1v) is 7.96. The van der Waals surface area contributed by atoms with E-state index in [4.69, 9.17) is 10.4 Å². The maximum atomic E-state index is 12.0. The Hall–Kier alpha value is -1.51. The molecule has 1 rings (SSSR count). The summed E-state index contributed by atoms with van der Waals surface area (Å²) in [4.78, 5) is 13.0. The van der Waals surface area contributed by atoms with E-state index in [0.717, 1.165) is 17.7 Å². The maximum Gasteiger partial charge on any atom is 0.251 e. The van der Waals surface area contributed by atoms with Crippen LogP contribution in [0.1, 0.15) is 37.0 Å². The molecule has 0 atom stereocenters. The minimum Gasteiger partial charge on any atom is -0.396 e. The Morgan fingerprint density at radius 2 is 2.24 bits per heavy atom. The van der Waals surface area contributed by atoms with Crippen molar-refractivity contribution in [1.82, 2.24) is 5.32 Å². The van der Waals surface area contributed by atoms with Crippen LogP contribution in [0.5, 0.6) is 0 Å². The van der Waals surface area contributed by atoms with Gasteiger partial charge in [0.1, 0.15) is 0 Å². The van der Waals surface area contributed by atoms with Gasteiger partial charge in [0.15, 0.2) is 0 Å². The molecular formula is C16H22N2O2S. The molecule has 0 unspecified atom stereocenters. The lowest BCUT2D eigenvalue weighted by Gasteiger charge is -2.21. The molecule has 5 heteroatoms. The van der Waals surface area contributed by atoms with Gasteiger partial charge in [0.05, 0.1) is 11.8 Å². The van der Waals surface area contributed by atoms with Gasteiger partial charge in [-0.1, -0.05) is 19.9 Å². The summed E-state index contributed by atoms with van der Waals surface area (Å²) in [7, 11) is 0. The molecule has 1 aromatic carbocycles. The summed E-state index contributed by atoms with van der Waals surface area (Å²) >= 11 is 1.42. The highest BCUT2D eigenvalue weighted by Gasteiger charge is 2.15. The second-order valence-corrected chi connectivity index (χ2v) is 6.71. The highest BCUT2D eigenvalue weighted by Crippen LogP contribution is 2.21. The molecule has 0 saturated heterocycles. The number of hydrogen-bond donors (Lipinski definition) is 2. The van der Waals surface area contributed by atoms with Crippen LogP contribution in [-0.2, 0) is 0 Å². The number of nitrogens with zero attached hydrogens (tertiary/aromatic N) is 1. The van der Waals surface area contributed by atoms with Crippen molar-refractivity contribution < 1.29 is 9.90 Å². The fourth-order valence-electron chi connectivity index (χ4n) is 1.79. The number of benzene rings is 1. The van der Waals surface area contributed by atoms with E-state index in [-0.39, 0.29) is 17.9 Å². The summed E-state index contributed by atoms with van der Waals surface area (Å²) in [5.41, 5.74) is 0.512. The molecule has 0 fully saturated rings. The summed E-state index contributed by atoms with van der Waals surface area (Å²) in [5, 5.41) is 20.6. The monoisotopic (exact) mass is 306 g/mol. The molecule has 4 nitrogen and oxygen atoms in total. The smallest absolute Gasteiger partial charge is 0.251 e. The number of carbonyl (C=O) groups is 1. The number of thioether (sulfide) groups is 1. The molecule has 0 saturated carbocycles. The van der Waals surface area contributed by atoms with Gasteiger partial charge in [0, 0.05) is 23.6 Å². The van der Waals surface area contributed by atoms with Crippen molar-refractivity contribution in [3.05, 3.63) is 29.8 Å². The minimum atomic E-state index is -0.101. The molecule has 0 radical (unpaired) electrons. The third-order valence-corrected chi connectivity index (χ3v) is 4.00. The second-order valence-electron chi connectivity index (χ2n) is 5.66. The van der Waals surface area contributed by atoms with Gasteiger partial charge in [0.2, 0.25) is 0 Å². The zero-order chi connectivity index (χ0) is 15.7. The first-order valence-electron chi connectivity index (χ1n) is 6.97. The Bertz CT molecular complexity index is 509. The van der Waals surface area contributed by atoms with Crippen LogP contribution < -0.4 is 5.32 Å². The lowest BCUT2D eigenvalue weighted by atomic mass is 9.89. The van der Waals surface area contributed by atoms with E-state index in [9.17, 15) is 4.79 Å². The summed E-state index contributed by atoms with van der Waals surface area (Å²) < 4.78 is 0. The maximum absolute atomic E-state index is 12.0. The Labute approximate surface area is 130 Å². The molecule has 21 heavy (non-hydrogen) atoms. The Balaban J connectivity index is 2.43. The summed E-state index contributed by atoms with van der Waals surface area (Å²) in [6, 6.07) is 9.35. The minimum absolute atomic E-state index is 0.0986. The van der Waals surface area contributed by atoms with Crippen molar-refractivity contribution in [3.63, 3.8) is 0 Å². The highest BCUT2D eigenvalue weighted by molar-refractivity contribution is 7.99. The molecule has 0 aliphatic rings. The van der Waals surface area contributed by atoms with Crippen LogP contribution in [-0.4, -0.2) is 29.9 Å². The number of amides is 1. The van der Waals surface area contributed by atoms with E-state index in [1.165, 1.54) is 11.8 Å². The van der Waals surface area contributed by atoms with E-state index in [0.29, 0.717) is 17.9 Å². The van der Waals surface area contributed by atoms with Crippen molar-refractivity contribution in [3.8, 4) is 6.07 Å². The highest BCUT2D eigenvalue weighted by atomic mass is 32.2. The lowest BCUT2D eigenvalue weighted by molar-refractivity contribution is 0.0948. The molecular weight excluding hydrogens is 284 g/mol. The van der Waals surface area contributed by atoms with Gasteiger partial charge in [0.25, 0.3) is 5.91 Å². The van der Waals surface area contributed by atoms with E-state index in [1.807, 2.05) is 26.0 Å². The molecule has 0 spiro atoms. The van der Waals surface area contributed by atoms with Crippen molar-refractivity contribution >= 4 is 17.7 Å². The van der Waals surface area contributed by atoms with Crippen molar-refractivity contribution in [2.24, 2.45) is 5.41 Å². The fourth-order valence-corrected chi connectivity index (χ4v) is 2.41. The van der Waals surface area contributed by atoms with Crippen molar-refractivity contribution in [1.29, 1.82) is 5.26 Å². The Morgan fingerprint density at radius 1 is 1.48 bits per heavy atom. The first-order chi connectivity index (χ1) is 9.98. The number of rotatable bonds is 8. The third kappa shape index (κ3) is 6.65. The fraction of sp³-hybridized carbons (Fsp3) is 0.500. The predicted molar refractivity (Wildman–Crippen MR) is 85.2 cm³/mol. The number of aliphatic hydroxyl groups is 1. The SMILES string of the molecule is CC(C)(CO)CCCNC(=O)c1cccc(SCC#N)c1. The molecule has 2 N–H and O–H groups in total. The first kappa shape index (κ1) is 17.5. The van der Waals surface area contributed by atoms with Crippen LogP contribution in [0.25, 0.3) is 0 Å². The normalized spacial score (nSPS) is 11.0. The van der Waals surface area contributed by atoms with Crippen LogP contribution >= 0.6 is 11.8 Å². The van der Waals surface area contributed by atoms with Crippen LogP contribution in [0, 0.1) is 16.7 Å². The van der Waals surface area contributed by atoms with Crippen LogP contribution in [0.3, 0.4) is 0 Å². The van der Waals surface area contributed by atoms with Gasteiger partial charge >= 0.3 is 0 Å². The summed E-state index contributed by atoms with van der Waals surface area (Å²) in [6.07, 6.45) is 1.70. The topological polar surface area (TPSA) is 73.1 Å². The molecule has 1 amide bonds. The van der Waals surface area contributed by atoms with Crippen LogP contribution in [0.4, 0.5) is 0 Å². The average Bonchev–Trinajstić information content (AvgIpc) is 2.49. The molecule has 0 aromatic heterocycles. The van der Waals surface area contributed by atoms with E-state index < -0.39 is 0 Å². The molecule has 0 aliphatic carbocycles. The summed E-state index contributed by atoms with van der Waals surface area (Å²) in [5.74, 6) is 0.276. The second kappa shape index (κ2) is 8.71. The number of nitrogens with one attached hydrogen (secondary N) is 1. The van der Waals surface area contributed by atoms with Gasteiger partial charge in [-0.2, -0.15) is 5.26 Å². The zero-order valence-electron chi connectivity index (χ0n) is 12.6. The molecule has 114 valence electrons. The van der Waals surface area contributed by atoms with Gasteiger partial charge in [-0.25, -0.2) is 0 Å². The zero-order valence-corrected chi connectivity index (χ0v) is 13.4. The number of carbonyl (C=O) groups excluding carboxylic acids is 1. The molecule has 0 heterocycles. The van der Waals surface area contributed by atoms with E-state index >= 15 is 0 Å². The number of aliphatic hydroxyl groups excluding tert-OH is 1. The Morgan fingerprint density at radius 3 is 2.90 bits per heavy atom. The average molecular weight is 306 g/mol.